The second kappa shape index (κ2) is 7.01. The highest BCUT2D eigenvalue weighted by Crippen LogP contribution is 2.13. The van der Waals surface area contributed by atoms with Gasteiger partial charge in [0.1, 0.15) is 5.76 Å². The summed E-state index contributed by atoms with van der Waals surface area (Å²) in [7, 11) is 0. The van der Waals surface area contributed by atoms with Crippen molar-refractivity contribution in [1.29, 1.82) is 0 Å². The van der Waals surface area contributed by atoms with Crippen LogP contribution in [-0.2, 0) is 11.3 Å². The summed E-state index contributed by atoms with van der Waals surface area (Å²) in [5.74, 6) is 0.687. The van der Waals surface area contributed by atoms with E-state index in [1.807, 2.05) is 13.1 Å². The van der Waals surface area contributed by atoms with Gasteiger partial charge in [0.15, 0.2) is 0 Å². The molecule has 88 valence electrons. The summed E-state index contributed by atoms with van der Waals surface area (Å²) >= 11 is 0. The lowest BCUT2D eigenvalue weighted by Gasteiger charge is -2.08. The first-order valence-corrected chi connectivity index (χ1v) is 5.74. The maximum atomic E-state index is 5.35. The summed E-state index contributed by atoms with van der Waals surface area (Å²) < 4.78 is 5.35. The van der Waals surface area contributed by atoms with Crippen molar-refractivity contribution in [3.63, 3.8) is 0 Å². The highest BCUT2D eigenvalue weighted by atomic mass is 16.5. The lowest BCUT2D eigenvalue weighted by atomic mass is 10.2. The van der Waals surface area contributed by atoms with Crippen LogP contribution in [0.2, 0.25) is 0 Å². The molecule has 1 heterocycles. The smallest absolute Gasteiger partial charge is 0.120 e. The predicted octanol–water partition coefficient (Wildman–Crippen LogP) is 2.59. The van der Waals surface area contributed by atoms with Gasteiger partial charge in [0.25, 0.3) is 0 Å². The van der Waals surface area contributed by atoms with E-state index in [0.29, 0.717) is 12.4 Å². The molecule has 1 rings (SSSR count). The van der Waals surface area contributed by atoms with Crippen LogP contribution in [0.4, 0.5) is 0 Å². The van der Waals surface area contributed by atoms with Crippen molar-refractivity contribution < 1.29 is 4.74 Å². The standard InChI is InChI=1S/C13H20N2O/c1-4-6-14-8-12-7-13(10-15-9-12)11(3)16-5-2/h7,9-10,14H,3-6,8H2,1-2H3. The molecule has 1 aromatic heterocycles. The van der Waals surface area contributed by atoms with E-state index >= 15 is 0 Å². The maximum Gasteiger partial charge on any atom is 0.120 e. The van der Waals surface area contributed by atoms with E-state index < -0.39 is 0 Å². The minimum absolute atomic E-state index is 0.636. The average molecular weight is 220 g/mol. The van der Waals surface area contributed by atoms with Crippen LogP contribution >= 0.6 is 0 Å². The quantitative estimate of drug-likeness (QED) is 0.566. The fourth-order valence-electron chi connectivity index (χ4n) is 1.40. The van der Waals surface area contributed by atoms with Crippen LogP contribution in [0.25, 0.3) is 5.76 Å². The van der Waals surface area contributed by atoms with E-state index in [1.54, 1.807) is 6.20 Å². The number of hydrogen-bond donors (Lipinski definition) is 1. The van der Waals surface area contributed by atoms with Crippen molar-refractivity contribution in [2.24, 2.45) is 0 Å². The van der Waals surface area contributed by atoms with Crippen molar-refractivity contribution in [3.05, 3.63) is 36.2 Å². The topological polar surface area (TPSA) is 34.1 Å². The van der Waals surface area contributed by atoms with Gasteiger partial charge in [0, 0.05) is 24.5 Å². The van der Waals surface area contributed by atoms with Crippen LogP contribution in [0.5, 0.6) is 0 Å². The van der Waals surface area contributed by atoms with Gasteiger partial charge >= 0.3 is 0 Å². The Kier molecular flexibility index (Phi) is 5.57. The molecular formula is C13H20N2O. The molecule has 0 spiro atoms. The maximum absolute atomic E-state index is 5.35. The van der Waals surface area contributed by atoms with E-state index in [9.17, 15) is 0 Å². The van der Waals surface area contributed by atoms with Gasteiger partial charge in [-0.25, -0.2) is 0 Å². The predicted molar refractivity (Wildman–Crippen MR) is 66.9 cm³/mol. The fourth-order valence-corrected chi connectivity index (χ4v) is 1.40. The van der Waals surface area contributed by atoms with Crippen molar-refractivity contribution in [2.45, 2.75) is 26.8 Å². The first-order chi connectivity index (χ1) is 7.77. The van der Waals surface area contributed by atoms with E-state index in [2.05, 4.69) is 29.9 Å². The molecule has 1 aromatic rings. The first kappa shape index (κ1) is 12.7. The normalized spacial score (nSPS) is 10.1. The van der Waals surface area contributed by atoms with Gasteiger partial charge < -0.3 is 10.1 Å². The highest BCUT2D eigenvalue weighted by molar-refractivity contribution is 5.56. The number of nitrogens with zero attached hydrogens (tertiary/aromatic N) is 1. The second-order valence-corrected chi connectivity index (χ2v) is 3.61. The summed E-state index contributed by atoms with van der Waals surface area (Å²) in [6.07, 6.45) is 4.78. The molecule has 0 atom stereocenters. The molecule has 3 heteroatoms. The van der Waals surface area contributed by atoms with Crippen molar-refractivity contribution in [2.75, 3.05) is 13.2 Å². The zero-order chi connectivity index (χ0) is 11.8. The summed E-state index contributed by atoms with van der Waals surface area (Å²) in [6, 6.07) is 2.06. The molecule has 0 saturated heterocycles. The van der Waals surface area contributed by atoms with Gasteiger partial charge in [-0.15, -0.1) is 0 Å². The number of ether oxygens (including phenoxy) is 1. The van der Waals surface area contributed by atoms with E-state index in [0.717, 1.165) is 30.6 Å². The molecule has 0 unspecified atom stereocenters. The van der Waals surface area contributed by atoms with Gasteiger partial charge in [-0.3, -0.25) is 4.98 Å². The third kappa shape index (κ3) is 4.03. The molecule has 3 nitrogen and oxygen atoms in total. The molecule has 16 heavy (non-hydrogen) atoms. The monoisotopic (exact) mass is 220 g/mol. The number of hydrogen-bond acceptors (Lipinski definition) is 3. The van der Waals surface area contributed by atoms with E-state index in [-0.39, 0.29) is 0 Å². The van der Waals surface area contributed by atoms with E-state index in [1.165, 1.54) is 0 Å². The number of pyridine rings is 1. The number of nitrogens with one attached hydrogen (secondary N) is 1. The third-order valence-electron chi connectivity index (χ3n) is 2.19. The Morgan fingerprint density at radius 1 is 1.44 bits per heavy atom. The lowest BCUT2D eigenvalue weighted by Crippen LogP contribution is -2.14. The van der Waals surface area contributed by atoms with Gasteiger partial charge in [-0.2, -0.15) is 0 Å². The van der Waals surface area contributed by atoms with Gasteiger partial charge in [0.05, 0.1) is 6.61 Å². The molecule has 0 amide bonds. The molecule has 0 fully saturated rings. The molecule has 0 saturated carbocycles. The summed E-state index contributed by atoms with van der Waals surface area (Å²) in [5, 5.41) is 3.34. The first-order valence-electron chi connectivity index (χ1n) is 5.74. The van der Waals surface area contributed by atoms with Crippen LogP contribution in [0.15, 0.2) is 25.0 Å². The number of aromatic nitrogens is 1. The molecular weight excluding hydrogens is 200 g/mol. The summed E-state index contributed by atoms with van der Waals surface area (Å²) in [4.78, 5) is 4.19. The zero-order valence-corrected chi connectivity index (χ0v) is 10.1. The van der Waals surface area contributed by atoms with Crippen LogP contribution in [-0.4, -0.2) is 18.1 Å². The average Bonchev–Trinajstić information content (AvgIpc) is 2.30. The Labute approximate surface area is 97.5 Å². The van der Waals surface area contributed by atoms with Gasteiger partial charge in [0.2, 0.25) is 0 Å². The zero-order valence-electron chi connectivity index (χ0n) is 10.1. The minimum atomic E-state index is 0.636. The Morgan fingerprint density at radius 3 is 2.94 bits per heavy atom. The molecule has 1 N–H and O–H groups in total. The van der Waals surface area contributed by atoms with Crippen LogP contribution in [0, 0.1) is 0 Å². The van der Waals surface area contributed by atoms with Crippen LogP contribution in [0.1, 0.15) is 31.4 Å². The molecule has 0 bridgehead atoms. The Bertz CT molecular complexity index is 336. The SMILES string of the molecule is C=C(OCC)c1cncc(CNCCC)c1. The molecule has 0 aliphatic rings. The van der Waals surface area contributed by atoms with Crippen LogP contribution < -0.4 is 5.32 Å². The fraction of sp³-hybridized carbons (Fsp3) is 0.462. The van der Waals surface area contributed by atoms with Gasteiger partial charge in [-0.05, 0) is 31.5 Å². The van der Waals surface area contributed by atoms with Crippen molar-refractivity contribution in [1.82, 2.24) is 10.3 Å². The molecule has 0 aliphatic carbocycles. The minimum Gasteiger partial charge on any atom is -0.494 e. The molecule has 0 radical (unpaired) electrons. The Hall–Kier alpha value is -1.35. The number of rotatable bonds is 7. The molecule has 0 aromatic carbocycles. The largest absolute Gasteiger partial charge is 0.494 e. The molecule has 0 aliphatic heterocycles. The van der Waals surface area contributed by atoms with Crippen molar-refractivity contribution >= 4 is 5.76 Å². The van der Waals surface area contributed by atoms with E-state index in [4.69, 9.17) is 4.74 Å². The Morgan fingerprint density at radius 2 is 2.25 bits per heavy atom. The second-order valence-electron chi connectivity index (χ2n) is 3.61. The van der Waals surface area contributed by atoms with Crippen molar-refractivity contribution in [3.8, 4) is 0 Å². The Balaban J connectivity index is 2.60. The highest BCUT2D eigenvalue weighted by Gasteiger charge is 2.01. The van der Waals surface area contributed by atoms with Crippen LogP contribution in [0.3, 0.4) is 0 Å². The van der Waals surface area contributed by atoms with Gasteiger partial charge in [-0.1, -0.05) is 13.5 Å². The summed E-state index contributed by atoms with van der Waals surface area (Å²) in [6.45, 7) is 10.5. The lowest BCUT2D eigenvalue weighted by molar-refractivity contribution is 0.299. The third-order valence-corrected chi connectivity index (χ3v) is 2.19. The summed E-state index contributed by atoms with van der Waals surface area (Å²) in [5.41, 5.74) is 2.12.